The summed E-state index contributed by atoms with van der Waals surface area (Å²) in [6.07, 6.45) is 5.50. The molecule has 0 heterocycles. The maximum atomic E-state index is 14.9. The van der Waals surface area contributed by atoms with Gasteiger partial charge < -0.3 is 0 Å². The SMILES string of the molecule is C=C[C@H]1CC[C@H](c2cc(F)c(-c3ccc4c(F)c(F)c(F)cc4c3)c(F)c2)CC1. The first-order chi connectivity index (χ1) is 13.9. The predicted molar refractivity (Wildman–Crippen MR) is 104 cm³/mol. The van der Waals surface area contributed by atoms with E-state index in [1.165, 1.54) is 30.3 Å². The van der Waals surface area contributed by atoms with Crippen LogP contribution in [0.2, 0.25) is 0 Å². The number of hydrogen-bond donors (Lipinski definition) is 0. The maximum absolute atomic E-state index is 14.9. The maximum Gasteiger partial charge on any atom is 0.195 e. The minimum Gasteiger partial charge on any atom is -0.206 e. The summed E-state index contributed by atoms with van der Waals surface area (Å²) in [6, 6.07) is 7.27. The summed E-state index contributed by atoms with van der Waals surface area (Å²) in [5.41, 5.74) is 0.492. The molecule has 3 aromatic carbocycles. The number of halogens is 5. The van der Waals surface area contributed by atoms with Gasteiger partial charge >= 0.3 is 0 Å². The molecule has 0 aromatic heterocycles. The average Bonchev–Trinajstić information content (AvgIpc) is 2.71. The Morgan fingerprint density at radius 3 is 2.03 bits per heavy atom. The molecule has 0 nitrogen and oxygen atoms in total. The highest BCUT2D eigenvalue weighted by atomic mass is 19.2. The highest BCUT2D eigenvalue weighted by Crippen LogP contribution is 2.39. The lowest BCUT2D eigenvalue weighted by molar-refractivity contribution is 0.374. The third-order valence-electron chi connectivity index (χ3n) is 5.90. The third kappa shape index (κ3) is 3.54. The van der Waals surface area contributed by atoms with Crippen LogP contribution in [-0.4, -0.2) is 0 Å². The van der Waals surface area contributed by atoms with Gasteiger partial charge in [0.25, 0.3) is 0 Å². The zero-order valence-electron chi connectivity index (χ0n) is 15.6. The van der Waals surface area contributed by atoms with Gasteiger partial charge in [0, 0.05) is 5.39 Å². The summed E-state index contributed by atoms with van der Waals surface area (Å²) in [7, 11) is 0. The Morgan fingerprint density at radius 1 is 0.759 bits per heavy atom. The molecule has 1 saturated carbocycles. The van der Waals surface area contributed by atoms with Crippen molar-refractivity contribution < 1.29 is 22.0 Å². The van der Waals surface area contributed by atoms with Crippen molar-refractivity contribution >= 4 is 10.8 Å². The van der Waals surface area contributed by atoms with E-state index in [0.29, 0.717) is 11.5 Å². The zero-order chi connectivity index (χ0) is 20.7. The largest absolute Gasteiger partial charge is 0.206 e. The highest BCUT2D eigenvalue weighted by Gasteiger charge is 2.24. The van der Waals surface area contributed by atoms with Crippen LogP contribution >= 0.6 is 0 Å². The van der Waals surface area contributed by atoms with Crippen molar-refractivity contribution in [2.24, 2.45) is 5.92 Å². The molecule has 0 saturated heterocycles. The molecule has 1 fully saturated rings. The number of benzene rings is 3. The highest BCUT2D eigenvalue weighted by molar-refractivity contribution is 5.88. The van der Waals surface area contributed by atoms with Crippen molar-refractivity contribution in [1.82, 2.24) is 0 Å². The van der Waals surface area contributed by atoms with Gasteiger partial charge in [0.1, 0.15) is 11.6 Å². The summed E-state index contributed by atoms with van der Waals surface area (Å²) in [4.78, 5) is 0. The van der Waals surface area contributed by atoms with Crippen molar-refractivity contribution in [1.29, 1.82) is 0 Å². The standard InChI is InChI=1S/C24H19F5/c1-2-13-3-5-14(6-4-13)16-10-19(25)22(20(26)11-16)15-7-8-18-17(9-15)12-21(27)24(29)23(18)28/h2,7-14H,1,3-6H2/t13-,14-. The molecule has 1 aliphatic rings. The molecule has 0 amide bonds. The lowest BCUT2D eigenvalue weighted by Gasteiger charge is -2.27. The van der Waals surface area contributed by atoms with Crippen molar-refractivity contribution in [2.75, 3.05) is 0 Å². The Balaban J connectivity index is 1.72. The quantitative estimate of drug-likeness (QED) is 0.240. The van der Waals surface area contributed by atoms with E-state index in [1.807, 2.05) is 6.08 Å². The van der Waals surface area contributed by atoms with Crippen LogP contribution in [0.4, 0.5) is 22.0 Å². The zero-order valence-corrected chi connectivity index (χ0v) is 15.6. The molecule has 150 valence electrons. The molecule has 0 bridgehead atoms. The van der Waals surface area contributed by atoms with Crippen molar-refractivity contribution in [3.8, 4) is 11.1 Å². The predicted octanol–water partition coefficient (Wildman–Crippen LogP) is 7.66. The van der Waals surface area contributed by atoms with Gasteiger partial charge in [-0.1, -0.05) is 18.2 Å². The van der Waals surface area contributed by atoms with Crippen LogP contribution in [0.25, 0.3) is 21.9 Å². The monoisotopic (exact) mass is 402 g/mol. The fourth-order valence-corrected chi connectivity index (χ4v) is 4.25. The van der Waals surface area contributed by atoms with Crippen LogP contribution < -0.4 is 0 Å². The lowest BCUT2D eigenvalue weighted by Crippen LogP contribution is -2.12. The number of allylic oxidation sites excluding steroid dienone is 1. The Hall–Kier alpha value is -2.69. The molecule has 0 radical (unpaired) electrons. The second-order valence-electron chi connectivity index (χ2n) is 7.63. The Morgan fingerprint density at radius 2 is 1.41 bits per heavy atom. The second kappa shape index (κ2) is 7.62. The molecule has 4 rings (SSSR count). The summed E-state index contributed by atoms with van der Waals surface area (Å²) in [5, 5.41) is -0.117. The molecule has 0 spiro atoms. The van der Waals surface area contributed by atoms with E-state index < -0.39 is 29.1 Å². The van der Waals surface area contributed by atoms with E-state index in [9.17, 15) is 22.0 Å². The van der Waals surface area contributed by atoms with Crippen LogP contribution in [0, 0.1) is 35.0 Å². The van der Waals surface area contributed by atoms with Crippen LogP contribution in [0.1, 0.15) is 37.2 Å². The summed E-state index contributed by atoms with van der Waals surface area (Å²) >= 11 is 0. The van der Waals surface area contributed by atoms with E-state index in [1.54, 1.807) is 0 Å². The molecule has 5 heteroatoms. The normalized spacial score (nSPS) is 19.5. The van der Waals surface area contributed by atoms with E-state index in [0.717, 1.165) is 31.7 Å². The minimum absolute atomic E-state index is 0.0320. The van der Waals surface area contributed by atoms with E-state index >= 15 is 0 Å². The Bertz CT molecular complexity index is 1070. The van der Waals surface area contributed by atoms with Gasteiger partial charge in [0.2, 0.25) is 0 Å². The van der Waals surface area contributed by atoms with Crippen molar-refractivity contribution in [3.63, 3.8) is 0 Å². The van der Waals surface area contributed by atoms with Gasteiger partial charge in [-0.05, 0) is 78.3 Å². The van der Waals surface area contributed by atoms with Crippen molar-refractivity contribution in [3.05, 3.63) is 83.7 Å². The van der Waals surface area contributed by atoms with Gasteiger partial charge in [0.15, 0.2) is 17.5 Å². The molecular formula is C24H19F5. The van der Waals surface area contributed by atoms with Crippen molar-refractivity contribution in [2.45, 2.75) is 31.6 Å². The Kier molecular flexibility index (Phi) is 5.15. The molecule has 0 atom stereocenters. The number of fused-ring (bicyclic) bond motifs is 1. The first-order valence-electron chi connectivity index (χ1n) is 9.58. The van der Waals surface area contributed by atoms with E-state index in [4.69, 9.17) is 0 Å². The minimum atomic E-state index is -1.57. The lowest BCUT2D eigenvalue weighted by atomic mass is 9.78. The summed E-state index contributed by atoms with van der Waals surface area (Å²) in [6.45, 7) is 3.81. The molecular weight excluding hydrogens is 383 g/mol. The van der Waals surface area contributed by atoms with Crippen LogP contribution in [0.5, 0.6) is 0 Å². The van der Waals surface area contributed by atoms with Crippen LogP contribution in [0.3, 0.4) is 0 Å². The summed E-state index contributed by atoms with van der Waals surface area (Å²) < 4.78 is 70.6. The Labute approximate surface area is 165 Å². The van der Waals surface area contributed by atoms with Gasteiger partial charge in [0.05, 0.1) is 5.56 Å². The van der Waals surface area contributed by atoms with E-state index in [2.05, 4.69) is 6.58 Å². The second-order valence-corrected chi connectivity index (χ2v) is 7.63. The molecule has 0 unspecified atom stereocenters. The fraction of sp³-hybridized carbons (Fsp3) is 0.250. The van der Waals surface area contributed by atoms with Gasteiger partial charge in [-0.3, -0.25) is 0 Å². The number of hydrogen-bond acceptors (Lipinski definition) is 0. The molecule has 0 aliphatic heterocycles. The average molecular weight is 402 g/mol. The van der Waals surface area contributed by atoms with Gasteiger partial charge in [-0.15, -0.1) is 6.58 Å². The molecule has 1 aliphatic carbocycles. The summed E-state index contributed by atoms with van der Waals surface area (Å²) in [5.74, 6) is -5.16. The smallest absolute Gasteiger partial charge is 0.195 e. The first kappa shape index (κ1) is 19.6. The van der Waals surface area contributed by atoms with Gasteiger partial charge in [-0.2, -0.15) is 0 Å². The van der Waals surface area contributed by atoms with Gasteiger partial charge in [-0.25, -0.2) is 22.0 Å². The van der Waals surface area contributed by atoms with Crippen LogP contribution in [0.15, 0.2) is 49.1 Å². The third-order valence-corrected chi connectivity index (χ3v) is 5.90. The van der Waals surface area contributed by atoms with Crippen LogP contribution in [-0.2, 0) is 0 Å². The topological polar surface area (TPSA) is 0 Å². The molecule has 29 heavy (non-hydrogen) atoms. The van der Waals surface area contributed by atoms with E-state index in [-0.39, 0.29) is 27.8 Å². The fourth-order valence-electron chi connectivity index (χ4n) is 4.25. The number of rotatable bonds is 3. The molecule has 3 aromatic rings. The molecule has 0 N–H and O–H groups in total. The first-order valence-corrected chi connectivity index (χ1v) is 9.58.